The molecule has 2 heterocycles. The van der Waals surface area contributed by atoms with Gasteiger partial charge < -0.3 is 4.42 Å². The summed E-state index contributed by atoms with van der Waals surface area (Å²) in [5, 5.41) is 1.39. The SMILES string of the molecule is NNC(c1ccc(F)cn1)c1cc2cccc(Cl)c2o1. The molecule has 2 aromatic heterocycles. The van der Waals surface area contributed by atoms with Crippen molar-refractivity contribution in [2.75, 3.05) is 0 Å². The number of para-hydroxylation sites is 1. The minimum Gasteiger partial charge on any atom is -0.457 e. The van der Waals surface area contributed by atoms with Gasteiger partial charge in [0, 0.05) is 5.39 Å². The molecule has 20 heavy (non-hydrogen) atoms. The van der Waals surface area contributed by atoms with Crippen LogP contribution >= 0.6 is 11.6 Å². The van der Waals surface area contributed by atoms with E-state index in [1.165, 1.54) is 6.07 Å². The van der Waals surface area contributed by atoms with Gasteiger partial charge >= 0.3 is 0 Å². The fourth-order valence-electron chi connectivity index (χ4n) is 2.06. The molecule has 1 atom stereocenters. The number of fused-ring (bicyclic) bond motifs is 1. The minimum atomic E-state index is -0.473. The van der Waals surface area contributed by atoms with E-state index in [0.29, 0.717) is 22.1 Å². The van der Waals surface area contributed by atoms with Gasteiger partial charge in [0.15, 0.2) is 5.58 Å². The maximum Gasteiger partial charge on any atom is 0.152 e. The summed E-state index contributed by atoms with van der Waals surface area (Å²) >= 11 is 6.07. The van der Waals surface area contributed by atoms with Gasteiger partial charge in [-0.15, -0.1) is 0 Å². The van der Waals surface area contributed by atoms with Crippen molar-refractivity contribution in [1.82, 2.24) is 10.4 Å². The van der Waals surface area contributed by atoms with Crippen molar-refractivity contribution < 1.29 is 8.81 Å². The number of hydrogen-bond acceptors (Lipinski definition) is 4. The van der Waals surface area contributed by atoms with E-state index in [0.717, 1.165) is 11.6 Å². The van der Waals surface area contributed by atoms with Gasteiger partial charge in [0.2, 0.25) is 0 Å². The van der Waals surface area contributed by atoms with E-state index in [2.05, 4.69) is 10.4 Å². The van der Waals surface area contributed by atoms with Gasteiger partial charge in [0.1, 0.15) is 17.6 Å². The van der Waals surface area contributed by atoms with Gasteiger partial charge in [-0.25, -0.2) is 9.82 Å². The molecule has 4 nitrogen and oxygen atoms in total. The van der Waals surface area contributed by atoms with Crippen LogP contribution in [0.5, 0.6) is 0 Å². The van der Waals surface area contributed by atoms with Gasteiger partial charge in [-0.05, 0) is 24.3 Å². The highest BCUT2D eigenvalue weighted by Gasteiger charge is 2.19. The first-order valence-electron chi connectivity index (χ1n) is 5.94. The normalized spacial score (nSPS) is 12.8. The quantitative estimate of drug-likeness (QED) is 0.575. The highest BCUT2D eigenvalue weighted by atomic mass is 35.5. The molecule has 0 spiro atoms. The van der Waals surface area contributed by atoms with Crippen LogP contribution < -0.4 is 11.3 Å². The second kappa shape index (κ2) is 5.20. The van der Waals surface area contributed by atoms with E-state index in [1.54, 1.807) is 12.1 Å². The molecule has 0 saturated carbocycles. The monoisotopic (exact) mass is 291 g/mol. The molecule has 0 saturated heterocycles. The molecule has 0 bridgehead atoms. The number of furan rings is 1. The van der Waals surface area contributed by atoms with Gasteiger partial charge in [0.25, 0.3) is 0 Å². The number of nitrogens with one attached hydrogen (secondary N) is 1. The molecule has 6 heteroatoms. The van der Waals surface area contributed by atoms with E-state index < -0.39 is 11.9 Å². The fourth-order valence-corrected chi connectivity index (χ4v) is 2.28. The molecular weight excluding hydrogens is 281 g/mol. The molecule has 0 aliphatic rings. The maximum atomic E-state index is 12.9. The first-order valence-corrected chi connectivity index (χ1v) is 6.32. The Labute approximate surface area is 119 Å². The standard InChI is InChI=1S/C14H11ClFN3O/c15-10-3-1-2-8-6-12(20-14(8)10)13(19-17)11-5-4-9(16)7-18-11/h1-7,13,19H,17H2. The van der Waals surface area contributed by atoms with Crippen molar-refractivity contribution in [3.63, 3.8) is 0 Å². The average molecular weight is 292 g/mol. The lowest BCUT2D eigenvalue weighted by atomic mass is 10.1. The third-order valence-electron chi connectivity index (χ3n) is 3.01. The second-order valence-corrected chi connectivity index (χ2v) is 4.72. The second-order valence-electron chi connectivity index (χ2n) is 4.31. The van der Waals surface area contributed by atoms with Crippen molar-refractivity contribution in [1.29, 1.82) is 0 Å². The zero-order valence-corrected chi connectivity index (χ0v) is 11.1. The Morgan fingerprint density at radius 1 is 1.30 bits per heavy atom. The molecule has 3 N–H and O–H groups in total. The number of rotatable bonds is 3. The lowest BCUT2D eigenvalue weighted by Crippen LogP contribution is -2.29. The van der Waals surface area contributed by atoms with Gasteiger partial charge in [-0.2, -0.15) is 0 Å². The Kier molecular flexibility index (Phi) is 3.40. The Hall–Kier alpha value is -1.95. The topological polar surface area (TPSA) is 64.1 Å². The van der Waals surface area contributed by atoms with E-state index in [9.17, 15) is 4.39 Å². The summed E-state index contributed by atoms with van der Waals surface area (Å²) in [4.78, 5) is 4.01. The first kappa shape index (κ1) is 13.1. The number of halogens is 2. The molecule has 3 aromatic rings. The van der Waals surface area contributed by atoms with Crippen LogP contribution in [0, 0.1) is 5.82 Å². The molecule has 0 aliphatic heterocycles. The van der Waals surface area contributed by atoms with Crippen LogP contribution in [0.25, 0.3) is 11.0 Å². The highest BCUT2D eigenvalue weighted by Crippen LogP contribution is 2.31. The molecule has 1 unspecified atom stereocenters. The van der Waals surface area contributed by atoms with Crippen molar-refractivity contribution in [2.45, 2.75) is 6.04 Å². The molecule has 102 valence electrons. The van der Waals surface area contributed by atoms with Crippen LogP contribution in [0.2, 0.25) is 5.02 Å². The highest BCUT2D eigenvalue weighted by molar-refractivity contribution is 6.34. The predicted molar refractivity (Wildman–Crippen MR) is 74.6 cm³/mol. The van der Waals surface area contributed by atoms with Crippen LogP contribution in [0.15, 0.2) is 47.0 Å². The molecule has 1 aromatic carbocycles. The van der Waals surface area contributed by atoms with Crippen LogP contribution in [-0.2, 0) is 0 Å². The summed E-state index contributed by atoms with van der Waals surface area (Å²) in [5.74, 6) is 5.72. The van der Waals surface area contributed by atoms with Gasteiger partial charge in [-0.3, -0.25) is 10.8 Å². The van der Waals surface area contributed by atoms with Crippen LogP contribution in [-0.4, -0.2) is 4.98 Å². The third kappa shape index (κ3) is 2.27. The number of nitrogens with two attached hydrogens (primary N) is 1. The number of hydrazine groups is 1. The van der Waals surface area contributed by atoms with Crippen LogP contribution in [0.3, 0.4) is 0 Å². The molecule has 0 amide bonds. The first-order chi connectivity index (χ1) is 9.69. The number of aromatic nitrogens is 1. The van der Waals surface area contributed by atoms with E-state index in [1.807, 2.05) is 18.2 Å². The zero-order chi connectivity index (χ0) is 14.1. The summed E-state index contributed by atoms with van der Waals surface area (Å²) < 4.78 is 18.7. The van der Waals surface area contributed by atoms with Crippen LogP contribution in [0.4, 0.5) is 4.39 Å². The maximum absolute atomic E-state index is 12.9. The lowest BCUT2D eigenvalue weighted by molar-refractivity contribution is 0.470. The number of nitrogens with zero attached hydrogens (tertiary/aromatic N) is 1. The summed E-state index contributed by atoms with van der Waals surface area (Å²) in [6.07, 6.45) is 1.13. The zero-order valence-electron chi connectivity index (χ0n) is 10.3. The summed E-state index contributed by atoms with van der Waals surface area (Å²) in [5.41, 5.74) is 3.76. The molecule has 0 fully saturated rings. The summed E-state index contributed by atoms with van der Waals surface area (Å²) in [6, 6.07) is 9.70. The lowest BCUT2D eigenvalue weighted by Gasteiger charge is -2.12. The summed E-state index contributed by atoms with van der Waals surface area (Å²) in [6.45, 7) is 0. The van der Waals surface area contributed by atoms with Crippen molar-refractivity contribution in [2.24, 2.45) is 5.84 Å². The molecule has 0 radical (unpaired) electrons. The Bertz CT molecular complexity index is 742. The number of pyridine rings is 1. The van der Waals surface area contributed by atoms with Crippen molar-refractivity contribution in [3.8, 4) is 0 Å². The Morgan fingerprint density at radius 2 is 2.15 bits per heavy atom. The number of hydrogen-bond donors (Lipinski definition) is 2. The largest absolute Gasteiger partial charge is 0.457 e. The fraction of sp³-hybridized carbons (Fsp3) is 0.0714. The number of benzene rings is 1. The van der Waals surface area contributed by atoms with Crippen molar-refractivity contribution in [3.05, 3.63) is 64.9 Å². The van der Waals surface area contributed by atoms with E-state index in [4.69, 9.17) is 21.9 Å². The summed E-state index contributed by atoms with van der Waals surface area (Å²) in [7, 11) is 0. The van der Waals surface area contributed by atoms with E-state index in [-0.39, 0.29) is 0 Å². The van der Waals surface area contributed by atoms with Crippen LogP contribution in [0.1, 0.15) is 17.5 Å². The molecule has 0 aliphatic carbocycles. The minimum absolute atomic E-state index is 0.405. The average Bonchev–Trinajstić information content (AvgIpc) is 2.87. The smallest absolute Gasteiger partial charge is 0.152 e. The van der Waals surface area contributed by atoms with Gasteiger partial charge in [-0.1, -0.05) is 23.7 Å². The van der Waals surface area contributed by atoms with Gasteiger partial charge in [0.05, 0.1) is 16.9 Å². The molecule has 3 rings (SSSR count). The van der Waals surface area contributed by atoms with E-state index >= 15 is 0 Å². The third-order valence-corrected chi connectivity index (χ3v) is 3.31. The molecular formula is C14H11ClFN3O. The predicted octanol–water partition coefficient (Wildman–Crippen LogP) is 3.17. The Morgan fingerprint density at radius 3 is 2.80 bits per heavy atom. The van der Waals surface area contributed by atoms with Crippen molar-refractivity contribution >= 4 is 22.6 Å². The Balaban J connectivity index is 2.07.